The van der Waals surface area contributed by atoms with E-state index in [0.29, 0.717) is 23.7 Å². The molecule has 2 aliphatic rings. The van der Waals surface area contributed by atoms with E-state index in [2.05, 4.69) is 6.92 Å². The number of fused-ring (bicyclic) bond motifs is 1. The summed E-state index contributed by atoms with van der Waals surface area (Å²) in [5, 5.41) is 1.08. The molecule has 2 aliphatic carbocycles. The number of ether oxygens (including phenoxy) is 2. The van der Waals surface area contributed by atoms with Gasteiger partial charge in [-0.3, -0.25) is 9.36 Å². The molecule has 2 fully saturated rings. The van der Waals surface area contributed by atoms with Crippen molar-refractivity contribution in [2.24, 2.45) is 0 Å². The summed E-state index contributed by atoms with van der Waals surface area (Å²) in [7, 11) is 3.27. The molecule has 0 atom stereocenters. The fraction of sp³-hybridized carbons (Fsp3) is 0.522. The Labute approximate surface area is 179 Å². The third kappa shape index (κ3) is 3.29. The van der Waals surface area contributed by atoms with Gasteiger partial charge in [-0.05, 0) is 37.8 Å². The van der Waals surface area contributed by atoms with Crippen molar-refractivity contribution in [1.82, 2.24) is 14.5 Å². The van der Waals surface area contributed by atoms with Gasteiger partial charge in [-0.1, -0.05) is 31.1 Å². The molecule has 0 aliphatic heterocycles. The largest absolute Gasteiger partial charge is 0.497 e. The maximum absolute atomic E-state index is 13.6. The van der Waals surface area contributed by atoms with E-state index < -0.39 is 0 Å². The number of aromatic nitrogens is 3. The smallest absolute Gasteiger partial charge is 0.281 e. The zero-order chi connectivity index (χ0) is 20.9. The van der Waals surface area contributed by atoms with Crippen LogP contribution >= 0.6 is 11.3 Å². The first-order valence-corrected chi connectivity index (χ1v) is 11.5. The van der Waals surface area contributed by atoms with E-state index in [4.69, 9.17) is 19.4 Å². The maximum Gasteiger partial charge on any atom is 0.281 e. The molecule has 1 aromatic carbocycles. The zero-order valence-electron chi connectivity index (χ0n) is 17.7. The van der Waals surface area contributed by atoms with Crippen molar-refractivity contribution in [3.05, 3.63) is 44.9 Å². The summed E-state index contributed by atoms with van der Waals surface area (Å²) in [6, 6.07) is 5.71. The lowest BCUT2D eigenvalue weighted by Gasteiger charge is -2.18. The van der Waals surface area contributed by atoms with Gasteiger partial charge in [0, 0.05) is 23.0 Å². The van der Waals surface area contributed by atoms with E-state index >= 15 is 0 Å². The summed E-state index contributed by atoms with van der Waals surface area (Å²) < 4.78 is 12.7. The molecule has 0 radical (unpaired) electrons. The number of hydrogen-bond donors (Lipinski definition) is 0. The SMILES string of the molecule is COc1ccc(Cn2c(C3(C)CC3)nc3sc(C4CCCC4)nc3c2=O)c(OC)c1. The Bertz CT molecular complexity index is 1160. The molecule has 7 heteroatoms. The van der Waals surface area contributed by atoms with Crippen LogP contribution in [0, 0.1) is 0 Å². The average molecular weight is 426 g/mol. The summed E-state index contributed by atoms with van der Waals surface area (Å²) in [4.78, 5) is 24.2. The molecule has 0 amide bonds. The van der Waals surface area contributed by atoms with Crippen molar-refractivity contribution < 1.29 is 9.47 Å². The Morgan fingerprint density at radius 1 is 1.17 bits per heavy atom. The number of rotatable bonds is 6. The van der Waals surface area contributed by atoms with Crippen LogP contribution in [-0.2, 0) is 12.0 Å². The molecule has 5 rings (SSSR count). The van der Waals surface area contributed by atoms with Crippen molar-refractivity contribution in [2.45, 2.75) is 63.3 Å². The summed E-state index contributed by atoms with van der Waals surface area (Å²) in [6.07, 6.45) is 6.94. The topological polar surface area (TPSA) is 66.2 Å². The first-order chi connectivity index (χ1) is 14.5. The maximum atomic E-state index is 13.6. The van der Waals surface area contributed by atoms with Crippen LogP contribution in [0.15, 0.2) is 23.0 Å². The second-order valence-corrected chi connectivity index (χ2v) is 9.76. The van der Waals surface area contributed by atoms with Gasteiger partial charge in [0.2, 0.25) is 0 Å². The van der Waals surface area contributed by atoms with E-state index in [0.717, 1.165) is 39.8 Å². The van der Waals surface area contributed by atoms with Gasteiger partial charge in [-0.15, -0.1) is 0 Å². The number of benzene rings is 1. The van der Waals surface area contributed by atoms with Gasteiger partial charge in [0.05, 0.1) is 25.8 Å². The van der Waals surface area contributed by atoms with Crippen molar-refractivity contribution in [1.29, 1.82) is 0 Å². The standard InChI is InChI=1S/C23H27N3O3S/c1-23(10-11-23)22-25-20-18(24-19(30-20)14-6-4-5-7-14)21(27)26(22)13-15-8-9-16(28-2)12-17(15)29-3/h8-9,12,14H,4-7,10-11,13H2,1-3H3. The molecule has 6 nitrogen and oxygen atoms in total. The molecule has 2 heterocycles. The molecule has 0 bridgehead atoms. The van der Waals surface area contributed by atoms with Crippen LogP contribution in [-0.4, -0.2) is 28.8 Å². The first kappa shape index (κ1) is 19.5. The highest BCUT2D eigenvalue weighted by Crippen LogP contribution is 2.47. The van der Waals surface area contributed by atoms with Crippen LogP contribution in [0.3, 0.4) is 0 Å². The molecule has 0 saturated heterocycles. The fourth-order valence-electron chi connectivity index (χ4n) is 4.44. The zero-order valence-corrected chi connectivity index (χ0v) is 18.6. The second-order valence-electron chi connectivity index (χ2n) is 8.75. The van der Waals surface area contributed by atoms with Crippen LogP contribution in [0.1, 0.15) is 67.8 Å². The Morgan fingerprint density at radius 3 is 2.60 bits per heavy atom. The highest BCUT2D eigenvalue weighted by atomic mass is 32.1. The van der Waals surface area contributed by atoms with Gasteiger partial charge in [0.25, 0.3) is 5.56 Å². The minimum Gasteiger partial charge on any atom is -0.497 e. The average Bonchev–Trinajstić information content (AvgIpc) is 3.15. The lowest BCUT2D eigenvalue weighted by molar-refractivity contribution is 0.389. The molecule has 0 N–H and O–H groups in total. The van der Waals surface area contributed by atoms with Crippen LogP contribution in [0.25, 0.3) is 10.3 Å². The summed E-state index contributed by atoms with van der Waals surface area (Å²) in [5.74, 6) is 2.79. The van der Waals surface area contributed by atoms with Crippen LogP contribution in [0.5, 0.6) is 11.5 Å². The highest BCUT2D eigenvalue weighted by Gasteiger charge is 2.43. The molecule has 3 aromatic rings. The van der Waals surface area contributed by atoms with Crippen molar-refractivity contribution in [2.75, 3.05) is 14.2 Å². The van der Waals surface area contributed by atoms with Gasteiger partial charge >= 0.3 is 0 Å². The van der Waals surface area contributed by atoms with Crippen LogP contribution < -0.4 is 15.0 Å². The first-order valence-electron chi connectivity index (χ1n) is 10.6. The molecule has 2 saturated carbocycles. The lowest BCUT2D eigenvalue weighted by atomic mass is 10.1. The predicted molar refractivity (Wildman–Crippen MR) is 118 cm³/mol. The predicted octanol–water partition coefficient (Wildman–Crippen LogP) is 4.63. The normalized spacial score (nSPS) is 18.1. The van der Waals surface area contributed by atoms with E-state index in [1.54, 1.807) is 25.6 Å². The van der Waals surface area contributed by atoms with E-state index in [1.807, 2.05) is 22.8 Å². The monoisotopic (exact) mass is 425 g/mol. The van der Waals surface area contributed by atoms with Crippen molar-refractivity contribution in [3.63, 3.8) is 0 Å². The molecule has 158 valence electrons. The van der Waals surface area contributed by atoms with E-state index in [9.17, 15) is 4.79 Å². The third-order valence-electron chi connectivity index (χ3n) is 6.60. The Kier molecular flexibility index (Phi) is 4.81. The second kappa shape index (κ2) is 7.38. The lowest BCUT2D eigenvalue weighted by Crippen LogP contribution is -2.29. The minimum absolute atomic E-state index is 0.0371. The Hall–Kier alpha value is -2.41. The number of methoxy groups -OCH3 is 2. The molecular weight excluding hydrogens is 398 g/mol. The van der Waals surface area contributed by atoms with Gasteiger partial charge < -0.3 is 9.47 Å². The van der Waals surface area contributed by atoms with Crippen molar-refractivity contribution in [3.8, 4) is 11.5 Å². The van der Waals surface area contributed by atoms with Crippen LogP contribution in [0.2, 0.25) is 0 Å². The summed E-state index contributed by atoms with van der Waals surface area (Å²) in [6.45, 7) is 2.61. The Balaban J connectivity index is 1.63. The summed E-state index contributed by atoms with van der Waals surface area (Å²) in [5.41, 5.74) is 1.37. The van der Waals surface area contributed by atoms with Crippen LogP contribution in [0.4, 0.5) is 0 Å². The highest BCUT2D eigenvalue weighted by molar-refractivity contribution is 7.18. The number of thiazole rings is 1. The fourth-order valence-corrected chi connectivity index (χ4v) is 5.54. The van der Waals surface area contributed by atoms with Gasteiger partial charge in [0.1, 0.15) is 17.3 Å². The van der Waals surface area contributed by atoms with E-state index in [1.165, 1.54) is 25.7 Å². The molecule has 0 spiro atoms. The Morgan fingerprint density at radius 2 is 1.93 bits per heavy atom. The van der Waals surface area contributed by atoms with Gasteiger partial charge in [-0.25, -0.2) is 9.97 Å². The van der Waals surface area contributed by atoms with Gasteiger partial charge in [0.15, 0.2) is 10.3 Å². The quantitative estimate of drug-likeness (QED) is 0.576. The molecule has 0 unspecified atom stereocenters. The minimum atomic E-state index is -0.0403. The molecular formula is C23H27N3O3S. The molecule has 30 heavy (non-hydrogen) atoms. The third-order valence-corrected chi connectivity index (χ3v) is 7.72. The van der Waals surface area contributed by atoms with Crippen molar-refractivity contribution >= 4 is 21.7 Å². The number of nitrogens with zero attached hydrogens (tertiary/aromatic N) is 3. The van der Waals surface area contributed by atoms with Gasteiger partial charge in [-0.2, -0.15) is 0 Å². The van der Waals surface area contributed by atoms with E-state index in [-0.39, 0.29) is 11.0 Å². The summed E-state index contributed by atoms with van der Waals surface area (Å²) >= 11 is 1.62. The number of hydrogen-bond acceptors (Lipinski definition) is 6. The molecule has 2 aromatic heterocycles.